The van der Waals surface area contributed by atoms with Crippen molar-refractivity contribution in [2.45, 2.75) is 51.8 Å². The highest BCUT2D eigenvalue weighted by atomic mass is 16.5. The maximum Gasteiger partial charge on any atom is 0.244 e. The van der Waals surface area contributed by atoms with Crippen LogP contribution in [-0.2, 0) is 9.53 Å². The Morgan fingerprint density at radius 2 is 2.29 bits per heavy atom. The molecule has 1 aromatic heterocycles. The van der Waals surface area contributed by atoms with Gasteiger partial charge in [-0.2, -0.15) is 0 Å². The Hall–Kier alpha value is -1.47. The predicted octanol–water partition coefficient (Wildman–Crippen LogP) is 1.04. The van der Waals surface area contributed by atoms with E-state index in [1.807, 2.05) is 20.8 Å². The van der Waals surface area contributed by atoms with Gasteiger partial charge >= 0.3 is 0 Å². The molecular weight excluding hydrogens is 272 g/mol. The van der Waals surface area contributed by atoms with Crippen LogP contribution in [0.3, 0.4) is 0 Å². The maximum atomic E-state index is 12.3. The van der Waals surface area contributed by atoms with Crippen molar-refractivity contribution in [3.63, 3.8) is 0 Å². The minimum absolute atomic E-state index is 0.0385. The number of likely N-dealkylation sites (N-methyl/N-ethyl adjacent to an activating group) is 1. The third-order valence-electron chi connectivity index (χ3n) is 3.65. The molecule has 3 atom stereocenters. The van der Waals surface area contributed by atoms with Crippen molar-refractivity contribution in [3.8, 4) is 0 Å². The Kier molecular flexibility index (Phi) is 5.69. The molecule has 2 N–H and O–H groups in total. The third kappa shape index (κ3) is 4.25. The van der Waals surface area contributed by atoms with Gasteiger partial charge in [-0.25, -0.2) is 0 Å². The molecule has 2 heterocycles. The standard InChI is InChI=1S/C14H24N4O3/c1-4-15-12(9(2)3)13(19)17-10-5-6-11(20-7-10)14-18-16-8-21-14/h8-12,15H,4-7H2,1-3H3,(H,17,19)/t10-,11+,12-/m1/s1. The lowest BCUT2D eigenvalue weighted by Crippen LogP contribution is -2.52. The van der Waals surface area contributed by atoms with Gasteiger partial charge in [-0.15, -0.1) is 10.2 Å². The average molecular weight is 296 g/mol. The van der Waals surface area contributed by atoms with Crippen LogP contribution in [0.25, 0.3) is 0 Å². The zero-order valence-corrected chi connectivity index (χ0v) is 12.8. The molecule has 7 heteroatoms. The number of ether oxygens (including phenoxy) is 1. The van der Waals surface area contributed by atoms with E-state index in [1.54, 1.807) is 0 Å². The molecule has 2 rings (SSSR count). The Bertz CT molecular complexity index is 427. The van der Waals surface area contributed by atoms with Crippen molar-refractivity contribution in [1.29, 1.82) is 0 Å². The molecule has 0 saturated carbocycles. The van der Waals surface area contributed by atoms with E-state index in [9.17, 15) is 4.79 Å². The van der Waals surface area contributed by atoms with Crippen molar-refractivity contribution < 1.29 is 13.9 Å². The van der Waals surface area contributed by atoms with Gasteiger partial charge in [0.2, 0.25) is 18.2 Å². The van der Waals surface area contributed by atoms with Crippen LogP contribution >= 0.6 is 0 Å². The molecule has 1 aliphatic rings. The molecule has 1 aliphatic heterocycles. The summed E-state index contributed by atoms with van der Waals surface area (Å²) in [5.74, 6) is 0.796. The number of carbonyl (C=O) groups is 1. The molecule has 0 aliphatic carbocycles. The molecule has 21 heavy (non-hydrogen) atoms. The van der Waals surface area contributed by atoms with Gasteiger partial charge in [0.05, 0.1) is 18.7 Å². The van der Waals surface area contributed by atoms with Crippen molar-refractivity contribution in [2.75, 3.05) is 13.2 Å². The summed E-state index contributed by atoms with van der Waals surface area (Å²) in [6.45, 7) is 7.32. The molecule has 0 radical (unpaired) electrons. The van der Waals surface area contributed by atoms with Crippen LogP contribution in [0.4, 0.5) is 0 Å². The van der Waals surface area contributed by atoms with Gasteiger partial charge < -0.3 is 19.8 Å². The van der Waals surface area contributed by atoms with Crippen LogP contribution in [0.1, 0.15) is 45.6 Å². The minimum atomic E-state index is -0.163. The summed E-state index contributed by atoms with van der Waals surface area (Å²) >= 11 is 0. The van der Waals surface area contributed by atoms with E-state index in [1.165, 1.54) is 6.39 Å². The molecule has 0 bridgehead atoms. The second-order valence-electron chi connectivity index (χ2n) is 5.66. The Balaban J connectivity index is 1.81. The van der Waals surface area contributed by atoms with E-state index < -0.39 is 0 Å². The molecule has 1 aromatic rings. The van der Waals surface area contributed by atoms with E-state index in [-0.39, 0.29) is 30.0 Å². The molecular formula is C14H24N4O3. The van der Waals surface area contributed by atoms with E-state index in [0.717, 1.165) is 19.4 Å². The fourth-order valence-corrected chi connectivity index (χ4v) is 2.52. The summed E-state index contributed by atoms with van der Waals surface area (Å²) in [5, 5.41) is 13.8. The third-order valence-corrected chi connectivity index (χ3v) is 3.65. The fourth-order valence-electron chi connectivity index (χ4n) is 2.52. The van der Waals surface area contributed by atoms with Crippen molar-refractivity contribution in [2.24, 2.45) is 5.92 Å². The Morgan fingerprint density at radius 1 is 1.48 bits per heavy atom. The highest BCUT2D eigenvalue weighted by Crippen LogP contribution is 2.26. The van der Waals surface area contributed by atoms with Gasteiger partial charge in [0.15, 0.2) is 0 Å². The molecule has 0 spiro atoms. The molecule has 118 valence electrons. The average Bonchev–Trinajstić information content (AvgIpc) is 2.99. The van der Waals surface area contributed by atoms with E-state index >= 15 is 0 Å². The van der Waals surface area contributed by atoms with Crippen LogP contribution in [0.2, 0.25) is 0 Å². The van der Waals surface area contributed by atoms with Crippen molar-refractivity contribution in [3.05, 3.63) is 12.3 Å². The normalized spacial score (nSPS) is 24.0. The van der Waals surface area contributed by atoms with Gasteiger partial charge in [-0.1, -0.05) is 20.8 Å². The van der Waals surface area contributed by atoms with E-state index in [4.69, 9.17) is 9.15 Å². The largest absolute Gasteiger partial charge is 0.425 e. The van der Waals surface area contributed by atoms with Crippen LogP contribution in [-0.4, -0.2) is 41.3 Å². The zero-order valence-electron chi connectivity index (χ0n) is 12.8. The quantitative estimate of drug-likeness (QED) is 0.815. The van der Waals surface area contributed by atoms with E-state index in [0.29, 0.717) is 12.5 Å². The number of amides is 1. The number of aromatic nitrogens is 2. The first-order valence-electron chi connectivity index (χ1n) is 7.53. The molecule has 7 nitrogen and oxygen atoms in total. The molecule has 1 amide bonds. The highest BCUT2D eigenvalue weighted by Gasteiger charge is 2.29. The SMILES string of the molecule is CCN[C@@H](C(=O)N[C@@H]1CC[C@@H](c2nnco2)OC1)C(C)C. The summed E-state index contributed by atoms with van der Waals surface area (Å²) in [4.78, 5) is 12.3. The number of carbonyl (C=O) groups excluding carboxylic acids is 1. The summed E-state index contributed by atoms with van der Waals surface area (Å²) < 4.78 is 10.9. The number of nitrogens with one attached hydrogen (secondary N) is 2. The summed E-state index contributed by atoms with van der Waals surface area (Å²) in [6, 6.07) is -0.125. The number of rotatable bonds is 6. The first-order chi connectivity index (χ1) is 10.1. The van der Waals surface area contributed by atoms with E-state index in [2.05, 4.69) is 20.8 Å². The van der Waals surface area contributed by atoms with Gasteiger partial charge in [-0.3, -0.25) is 4.79 Å². The van der Waals surface area contributed by atoms with Crippen LogP contribution in [0.5, 0.6) is 0 Å². The molecule has 1 fully saturated rings. The van der Waals surface area contributed by atoms with Crippen LogP contribution < -0.4 is 10.6 Å². The molecule has 1 saturated heterocycles. The van der Waals surface area contributed by atoms with Gasteiger partial charge in [0.1, 0.15) is 6.10 Å². The number of hydrogen-bond donors (Lipinski definition) is 2. The summed E-state index contributed by atoms with van der Waals surface area (Å²) in [5.41, 5.74) is 0. The van der Waals surface area contributed by atoms with Crippen molar-refractivity contribution >= 4 is 5.91 Å². The smallest absolute Gasteiger partial charge is 0.244 e. The second kappa shape index (κ2) is 7.51. The fraction of sp³-hybridized carbons (Fsp3) is 0.786. The topological polar surface area (TPSA) is 89.3 Å². The van der Waals surface area contributed by atoms with Gasteiger partial charge in [0, 0.05) is 0 Å². The van der Waals surface area contributed by atoms with Crippen LogP contribution in [0.15, 0.2) is 10.8 Å². The van der Waals surface area contributed by atoms with Crippen LogP contribution in [0, 0.1) is 5.92 Å². The lowest BCUT2D eigenvalue weighted by molar-refractivity contribution is -0.126. The Labute approximate surface area is 124 Å². The number of hydrogen-bond acceptors (Lipinski definition) is 6. The summed E-state index contributed by atoms with van der Waals surface area (Å²) in [6.07, 6.45) is 2.75. The summed E-state index contributed by atoms with van der Waals surface area (Å²) in [7, 11) is 0. The predicted molar refractivity (Wildman–Crippen MR) is 76.5 cm³/mol. The highest BCUT2D eigenvalue weighted by molar-refractivity contribution is 5.82. The molecule has 0 unspecified atom stereocenters. The first-order valence-corrected chi connectivity index (χ1v) is 7.53. The lowest BCUT2D eigenvalue weighted by Gasteiger charge is -2.30. The lowest BCUT2D eigenvalue weighted by atomic mass is 10.0. The molecule has 0 aromatic carbocycles. The second-order valence-corrected chi connectivity index (χ2v) is 5.66. The zero-order chi connectivity index (χ0) is 15.2. The Morgan fingerprint density at radius 3 is 2.81 bits per heavy atom. The monoisotopic (exact) mass is 296 g/mol. The maximum absolute atomic E-state index is 12.3. The minimum Gasteiger partial charge on any atom is -0.425 e. The van der Waals surface area contributed by atoms with Crippen molar-refractivity contribution in [1.82, 2.24) is 20.8 Å². The van der Waals surface area contributed by atoms with Gasteiger partial charge in [0.25, 0.3) is 0 Å². The number of nitrogens with zero attached hydrogens (tertiary/aromatic N) is 2. The van der Waals surface area contributed by atoms with Gasteiger partial charge in [-0.05, 0) is 25.3 Å². The first kappa shape index (κ1) is 15.9.